The summed E-state index contributed by atoms with van der Waals surface area (Å²) in [5.74, 6) is 1.05. The first-order chi connectivity index (χ1) is 5.85. The molecule has 0 radical (unpaired) electrons. The minimum absolute atomic E-state index is 0.800. The van der Waals surface area contributed by atoms with Crippen LogP contribution in [0.1, 0.15) is 32.1 Å². The maximum atomic E-state index is 4.25. The van der Waals surface area contributed by atoms with Gasteiger partial charge < -0.3 is 4.90 Å². The molecule has 0 bridgehead atoms. The molecule has 1 spiro atoms. The molecule has 0 unspecified atom stereocenters. The Morgan fingerprint density at radius 1 is 1.25 bits per heavy atom. The zero-order valence-electron chi connectivity index (χ0n) is 7.76. The first kappa shape index (κ1) is 8.89. The predicted octanol–water partition coefficient (Wildman–Crippen LogP) is 2.18. The molecule has 1 saturated carbocycles. The van der Waals surface area contributed by atoms with Gasteiger partial charge in [0.15, 0.2) is 0 Å². The van der Waals surface area contributed by atoms with Crippen LogP contribution in [-0.4, -0.2) is 30.3 Å². The molecule has 0 N–H and O–H groups in total. The number of hydrogen-bond donors (Lipinski definition) is 1. The summed E-state index contributed by atoms with van der Waals surface area (Å²) in [5, 5.41) is 0. The van der Waals surface area contributed by atoms with E-state index in [0.29, 0.717) is 0 Å². The lowest BCUT2D eigenvalue weighted by Crippen LogP contribution is -2.37. The molecular weight excluding hydrogens is 166 g/mol. The van der Waals surface area contributed by atoms with Crippen LogP contribution in [0.2, 0.25) is 0 Å². The van der Waals surface area contributed by atoms with E-state index in [1.807, 2.05) is 0 Å². The van der Waals surface area contributed by atoms with Crippen LogP contribution in [0.25, 0.3) is 0 Å². The fourth-order valence-corrected chi connectivity index (χ4v) is 2.52. The smallest absolute Gasteiger partial charge is 0.00380 e. The van der Waals surface area contributed by atoms with E-state index >= 15 is 0 Å². The third-order valence-electron chi connectivity index (χ3n) is 3.33. The van der Waals surface area contributed by atoms with Gasteiger partial charge in [0.2, 0.25) is 0 Å². The Morgan fingerprint density at radius 2 is 2.08 bits per heavy atom. The van der Waals surface area contributed by atoms with Crippen molar-refractivity contribution in [2.24, 2.45) is 5.41 Å². The van der Waals surface area contributed by atoms with Crippen molar-refractivity contribution >= 4 is 12.6 Å². The van der Waals surface area contributed by atoms with E-state index in [2.05, 4.69) is 17.5 Å². The lowest BCUT2D eigenvalue weighted by molar-refractivity contribution is 0.162. The Morgan fingerprint density at radius 3 is 2.75 bits per heavy atom. The maximum absolute atomic E-state index is 4.25. The second-order valence-electron chi connectivity index (χ2n) is 4.46. The van der Waals surface area contributed by atoms with Crippen molar-refractivity contribution in [2.45, 2.75) is 32.1 Å². The van der Waals surface area contributed by atoms with Crippen molar-refractivity contribution in [3.8, 4) is 0 Å². The Kier molecular flexibility index (Phi) is 2.66. The van der Waals surface area contributed by atoms with Crippen LogP contribution in [0.15, 0.2) is 0 Å². The van der Waals surface area contributed by atoms with Gasteiger partial charge >= 0.3 is 0 Å². The highest BCUT2D eigenvalue weighted by Gasteiger charge is 2.44. The monoisotopic (exact) mass is 185 g/mol. The molecule has 0 atom stereocenters. The van der Waals surface area contributed by atoms with Gasteiger partial charge in [-0.15, -0.1) is 0 Å². The van der Waals surface area contributed by atoms with Gasteiger partial charge in [-0.3, -0.25) is 0 Å². The average molecular weight is 185 g/mol. The molecule has 1 nitrogen and oxygen atoms in total. The average Bonchev–Trinajstić information content (AvgIpc) is 2.82. The van der Waals surface area contributed by atoms with E-state index in [0.717, 1.165) is 11.2 Å². The Hall–Kier alpha value is 0.310. The van der Waals surface area contributed by atoms with Crippen molar-refractivity contribution in [1.29, 1.82) is 0 Å². The molecule has 1 heterocycles. The molecule has 2 aliphatic rings. The van der Waals surface area contributed by atoms with Gasteiger partial charge in [-0.05, 0) is 56.4 Å². The number of nitrogens with zero attached hydrogens (tertiary/aromatic N) is 1. The van der Waals surface area contributed by atoms with E-state index < -0.39 is 0 Å². The van der Waals surface area contributed by atoms with Crippen LogP contribution < -0.4 is 0 Å². The fourth-order valence-electron chi connectivity index (χ4n) is 2.38. The van der Waals surface area contributed by atoms with Gasteiger partial charge in [0, 0.05) is 6.54 Å². The molecule has 70 valence electrons. The number of piperidine rings is 1. The molecule has 0 amide bonds. The highest BCUT2D eigenvalue weighted by molar-refractivity contribution is 7.80. The van der Waals surface area contributed by atoms with Crippen LogP contribution in [0.4, 0.5) is 0 Å². The third kappa shape index (κ3) is 1.97. The minimum atomic E-state index is 0.800. The van der Waals surface area contributed by atoms with Crippen LogP contribution >= 0.6 is 12.6 Å². The first-order valence-corrected chi connectivity index (χ1v) is 5.81. The van der Waals surface area contributed by atoms with E-state index in [9.17, 15) is 0 Å². The normalized spacial score (nSPS) is 27.8. The summed E-state index contributed by atoms with van der Waals surface area (Å²) in [6.07, 6.45) is 7.21. The molecule has 0 aromatic heterocycles. The van der Waals surface area contributed by atoms with Gasteiger partial charge in [0.25, 0.3) is 0 Å². The number of rotatable bonds is 3. The fraction of sp³-hybridized carbons (Fsp3) is 1.00. The standard InChI is InChI=1S/C10H19NS/c12-8-2-7-11-6-1-3-10(9-11)4-5-10/h12H,1-9H2. The lowest BCUT2D eigenvalue weighted by Gasteiger charge is -2.32. The molecule has 0 aromatic rings. The Labute approximate surface area is 80.9 Å². The minimum Gasteiger partial charge on any atom is -0.303 e. The SMILES string of the molecule is SCCCN1CCCC2(CC2)C1. The summed E-state index contributed by atoms with van der Waals surface area (Å²) in [7, 11) is 0. The molecule has 2 heteroatoms. The molecule has 1 aliphatic heterocycles. The van der Waals surface area contributed by atoms with Gasteiger partial charge in [-0.1, -0.05) is 0 Å². The second-order valence-corrected chi connectivity index (χ2v) is 4.90. The van der Waals surface area contributed by atoms with Crippen molar-refractivity contribution in [2.75, 3.05) is 25.4 Å². The van der Waals surface area contributed by atoms with Gasteiger partial charge in [0.05, 0.1) is 0 Å². The van der Waals surface area contributed by atoms with Crippen molar-refractivity contribution in [1.82, 2.24) is 4.90 Å². The zero-order valence-corrected chi connectivity index (χ0v) is 8.65. The highest BCUT2D eigenvalue weighted by atomic mass is 32.1. The summed E-state index contributed by atoms with van der Waals surface area (Å²) in [5.41, 5.74) is 0.800. The quantitative estimate of drug-likeness (QED) is 0.660. The van der Waals surface area contributed by atoms with E-state index in [-0.39, 0.29) is 0 Å². The molecule has 1 aliphatic carbocycles. The van der Waals surface area contributed by atoms with Crippen LogP contribution in [0.3, 0.4) is 0 Å². The summed E-state index contributed by atoms with van der Waals surface area (Å²) >= 11 is 4.25. The molecule has 12 heavy (non-hydrogen) atoms. The zero-order chi connectivity index (χ0) is 8.44. The lowest BCUT2D eigenvalue weighted by atomic mass is 9.95. The van der Waals surface area contributed by atoms with E-state index in [1.165, 1.54) is 51.7 Å². The van der Waals surface area contributed by atoms with Crippen LogP contribution in [0, 0.1) is 5.41 Å². The van der Waals surface area contributed by atoms with Crippen LogP contribution in [-0.2, 0) is 0 Å². The number of likely N-dealkylation sites (tertiary alicyclic amines) is 1. The molecule has 1 saturated heterocycles. The maximum Gasteiger partial charge on any atom is 0.00380 e. The van der Waals surface area contributed by atoms with Crippen molar-refractivity contribution in [3.05, 3.63) is 0 Å². The first-order valence-electron chi connectivity index (χ1n) is 5.18. The van der Waals surface area contributed by atoms with Gasteiger partial charge in [-0.25, -0.2) is 0 Å². The van der Waals surface area contributed by atoms with Crippen molar-refractivity contribution < 1.29 is 0 Å². The van der Waals surface area contributed by atoms with Gasteiger partial charge in [-0.2, -0.15) is 12.6 Å². The summed E-state index contributed by atoms with van der Waals surface area (Å²) < 4.78 is 0. The second kappa shape index (κ2) is 3.59. The van der Waals surface area contributed by atoms with Gasteiger partial charge in [0.1, 0.15) is 0 Å². The molecular formula is C10H19NS. The van der Waals surface area contributed by atoms with E-state index in [1.54, 1.807) is 0 Å². The predicted molar refractivity (Wildman–Crippen MR) is 55.8 cm³/mol. The van der Waals surface area contributed by atoms with Crippen LogP contribution in [0.5, 0.6) is 0 Å². The summed E-state index contributed by atoms with van der Waals surface area (Å²) in [6.45, 7) is 4.02. The topological polar surface area (TPSA) is 3.24 Å². The van der Waals surface area contributed by atoms with E-state index in [4.69, 9.17) is 0 Å². The largest absolute Gasteiger partial charge is 0.303 e. The molecule has 2 rings (SSSR count). The molecule has 2 fully saturated rings. The Bertz CT molecular complexity index is 154. The number of thiol groups is 1. The third-order valence-corrected chi connectivity index (χ3v) is 3.65. The highest BCUT2D eigenvalue weighted by Crippen LogP contribution is 2.51. The summed E-state index contributed by atoms with van der Waals surface area (Å²) in [4.78, 5) is 2.65. The molecule has 0 aromatic carbocycles. The number of hydrogen-bond acceptors (Lipinski definition) is 2. The Balaban J connectivity index is 1.75. The summed E-state index contributed by atoms with van der Waals surface area (Å²) in [6, 6.07) is 0. The van der Waals surface area contributed by atoms with Crippen molar-refractivity contribution in [3.63, 3.8) is 0 Å².